The van der Waals surface area contributed by atoms with E-state index in [1.54, 1.807) is 0 Å². The first kappa shape index (κ1) is 13.8. The second-order valence-electron chi connectivity index (χ2n) is 3.03. The molecule has 0 spiro atoms. The lowest BCUT2D eigenvalue weighted by Crippen LogP contribution is -2.04. The lowest BCUT2D eigenvalue weighted by Gasteiger charge is -2.03. The van der Waals surface area contributed by atoms with Crippen LogP contribution >= 0.6 is 31.9 Å². The summed E-state index contributed by atoms with van der Waals surface area (Å²) in [5.41, 5.74) is 0.917. The van der Waals surface area contributed by atoms with Crippen molar-refractivity contribution < 1.29 is 9.85 Å². The molecule has 0 radical (unpaired) electrons. The second-order valence-corrected chi connectivity index (χ2v) is 5.68. The monoisotopic (exact) mass is 364 g/mol. The van der Waals surface area contributed by atoms with E-state index in [2.05, 4.69) is 31.9 Å². The maximum Gasteiger partial charge on any atom is 0.269 e. The van der Waals surface area contributed by atoms with Gasteiger partial charge in [-0.1, -0.05) is 0 Å². The van der Waals surface area contributed by atoms with E-state index in [0.717, 1.165) is 0 Å². The van der Waals surface area contributed by atoms with Gasteiger partial charge in [0.15, 0.2) is 0 Å². The summed E-state index contributed by atoms with van der Waals surface area (Å²) in [6, 6.07) is 5.55. The Morgan fingerprint density at radius 1 is 1.12 bits per heavy atom. The smallest absolute Gasteiger partial charge is 0.264 e. The van der Waals surface area contributed by atoms with Crippen LogP contribution in [0.2, 0.25) is 0 Å². The minimum Gasteiger partial charge on any atom is -0.264 e. The van der Waals surface area contributed by atoms with E-state index in [-0.39, 0.29) is 12.2 Å². The topological polar surface area (TPSA) is 86.3 Å². The van der Waals surface area contributed by atoms with Crippen LogP contribution in [0.1, 0.15) is 5.56 Å². The standard InChI is InChI=1S/C9H6Br2N2O4/c10-9(11)8(5-12(14)15)6-1-3-7(4-2-6)13(16)17/h1-4H,5H2. The van der Waals surface area contributed by atoms with Gasteiger partial charge in [-0.2, -0.15) is 0 Å². The van der Waals surface area contributed by atoms with E-state index >= 15 is 0 Å². The molecule has 0 N–H and O–H groups in total. The van der Waals surface area contributed by atoms with Gasteiger partial charge in [0.05, 0.1) is 13.9 Å². The summed E-state index contributed by atoms with van der Waals surface area (Å²) >= 11 is 6.22. The van der Waals surface area contributed by atoms with Gasteiger partial charge in [0.1, 0.15) is 0 Å². The Kier molecular flexibility index (Phi) is 4.76. The summed E-state index contributed by atoms with van der Waals surface area (Å²) in [6.45, 7) is -0.371. The zero-order valence-corrected chi connectivity index (χ0v) is 11.5. The molecule has 1 aromatic rings. The molecule has 1 rings (SSSR count). The molecule has 0 saturated carbocycles. The van der Waals surface area contributed by atoms with Gasteiger partial charge in [-0.25, -0.2) is 0 Å². The molecule has 8 heteroatoms. The summed E-state index contributed by atoms with van der Waals surface area (Å²) in [5, 5.41) is 20.9. The van der Waals surface area contributed by atoms with Gasteiger partial charge in [0.2, 0.25) is 6.54 Å². The zero-order chi connectivity index (χ0) is 13.0. The molecule has 0 fully saturated rings. The Morgan fingerprint density at radius 3 is 2.00 bits per heavy atom. The maximum absolute atomic E-state index is 10.5. The molecule has 0 saturated heterocycles. The number of nitro groups is 2. The molecule has 17 heavy (non-hydrogen) atoms. The average Bonchev–Trinajstić information content (AvgIpc) is 2.25. The van der Waals surface area contributed by atoms with Crippen LogP contribution in [0.15, 0.2) is 27.7 Å². The summed E-state index contributed by atoms with van der Waals surface area (Å²) in [6.07, 6.45) is 0. The van der Waals surface area contributed by atoms with E-state index in [0.29, 0.717) is 14.5 Å². The van der Waals surface area contributed by atoms with Crippen molar-refractivity contribution in [2.45, 2.75) is 0 Å². The number of rotatable bonds is 4. The van der Waals surface area contributed by atoms with Gasteiger partial charge in [-0.15, -0.1) is 0 Å². The van der Waals surface area contributed by atoms with E-state index in [1.165, 1.54) is 24.3 Å². The number of nitrogens with zero attached hydrogens (tertiary/aromatic N) is 2. The Labute approximate surface area is 113 Å². The van der Waals surface area contributed by atoms with Crippen molar-refractivity contribution in [2.75, 3.05) is 6.54 Å². The van der Waals surface area contributed by atoms with Gasteiger partial charge in [-0.05, 0) is 49.6 Å². The molecule has 0 aliphatic heterocycles. The van der Waals surface area contributed by atoms with Crippen molar-refractivity contribution in [3.05, 3.63) is 53.4 Å². The lowest BCUT2D eigenvalue weighted by molar-refractivity contribution is -0.465. The van der Waals surface area contributed by atoms with E-state index < -0.39 is 9.85 Å². The maximum atomic E-state index is 10.5. The molecule has 0 aliphatic rings. The van der Waals surface area contributed by atoms with Crippen molar-refractivity contribution in [1.82, 2.24) is 0 Å². The Hall–Kier alpha value is -1.28. The Bertz CT molecular complexity index is 480. The Morgan fingerprint density at radius 2 is 1.65 bits per heavy atom. The summed E-state index contributed by atoms with van der Waals surface area (Å²) in [7, 11) is 0. The van der Waals surface area contributed by atoms with Crippen molar-refractivity contribution in [2.24, 2.45) is 0 Å². The molecule has 0 aromatic heterocycles. The third-order valence-electron chi connectivity index (χ3n) is 1.94. The number of hydrogen-bond donors (Lipinski definition) is 0. The summed E-state index contributed by atoms with van der Waals surface area (Å²) in [4.78, 5) is 19.9. The van der Waals surface area contributed by atoms with Gasteiger partial charge in [0, 0.05) is 17.1 Å². The van der Waals surface area contributed by atoms with E-state index in [4.69, 9.17) is 0 Å². The van der Waals surface area contributed by atoms with Gasteiger partial charge in [0.25, 0.3) is 5.69 Å². The molecule has 0 unspecified atom stereocenters. The molecule has 90 valence electrons. The van der Waals surface area contributed by atoms with Gasteiger partial charge in [-0.3, -0.25) is 20.2 Å². The van der Waals surface area contributed by atoms with E-state index in [9.17, 15) is 20.2 Å². The number of nitro benzene ring substituents is 1. The highest BCUT2D eigenvalue weighted by Crippen LogP contribution is 2.28. The molecule has 0 heterocycles. The molecular weight excluding hydrogens is 360 g/mol. The van der Waals surface area contributed by atoms with Crippen LogP contribution in [0.5, 0.6) is 0 Å². The third kappa shape index (κ3) is 3.90. The first-order valence-electron chi connectivity index (χ1n) is 4.32. The molecular formula is C9H6Br2N2O4. The third-order valence-corrected chi connectivity index (χ3v) is 2.90. The van der Waals surface area contributed by atoms with Crippen molar-refractivity contribution >= 4 is 43.1 Å². The van der Waals surface area contributed by atoms with Crippen LogP contribution in [0, 0.1) is 20.2 Å². The minimum atomic E-state index is -0.524. The first-order valence-corrected chi connectivity index (χ1v) is 5.91. The van der Waals surface area contributed by atoms with Crippen molar-refractivity contribution in [1.29, 1.82) is 0 Å². The van der Waals surface area contributed by atoms with Crippen LogP contribution in [0.3, 0.4) is 0 Å². The normalized spacial score (nSPS) is 9.76. The fourth-order valence-electron chi connectivity index (χ4n) is 1.17. The van der Waals surface area contributed by atoms with Crippen LogP contribution in [0.4, 0.5) is 5.69 Å². The highest BCUT2D eigenvalue weighted by atomic mass is 79.9. The SMILES string of the molecule is O=[N+]([O-])CC(=C(Br)Br)c1ccc([N+](=O)[O-])cc1. The zero-order valence-electron chi connectivity index (χ0n) is 8.30. The minimum absolute atomic E-state index is 0.0557. The second kappa shape index (κ2) is 5.87. The number of halogens is 2. The van der Waals surface area contributed by atoms with Crippen molar-refractivity contribution in [3.8, 4) is 0 Å². The first-order chi connectivity index (χ1) is 7.91. The Balaban J connectivity index is 3.09. The fraction of sp³-hybridized carbons (Fsp3) is 0.111. The molecule has 6 nitrogen and oxygen atoms in total. The highest BCUT2D eigenvalue weighted by molar-refractivity contribution is 9.28. The molecule has 0 amide bonds. The van der Waals surface area contributed by atoms with Crippen LogP contribution < -0.4 is 0 Å². The predicted molar refractivity (Wildman–Crippen MR) is 69.7 cm³/mol. The van der Waals surface area contributed by atoms with Crippen LogP contribution in [0.25, 0.3) is 5.57 Å². The number of hydrogen-bond acceptors (Lipinski definition) is 4. The van der Waals surface area contributed by atoms with Gasteiger partial charge < -0.3 is 0 Å². The highest BCUT2D eigenvalue weighted by Gasteiger charge is 2.13. The number of benzene rings is 1. The van der Waals surface area contributed by atoms with Crippen LogP contribution in [-0.4, -0.2) is 16.4 Å². The summed E-state index contributed by atoms with van der Waals surface area (Å²) in [5.74, 6) is 0. The summed E-state index contributed by atoms with van der Waals surface area (Å²) < 4.78 is 0.454. The van der Waals surface area contributed by atoms with Crippen molar-refractivity contribution in [3.63, 3.8) is 0 Å². The number of non-ortho nitro benzene ring substituents is 1. The largest absolute Gasteiger partial charge is 0.269 e. The molecule has 1 aromatic carbocycles. The van der Waals surface area contributed by atoms with E-state index in [1.807, 2.05) is 0 Å². The van der Waals surface area contributed by atoms with Gasteiger partial charge >= 0.3 is 0 Å². The predicted octanol–water partition coefficient (Wildman–Crippen LogP) is 3.33. The molecule has 0 atom stereocenters. The van der Waals surface area contributed by atoms with Crippen LogP contribution in [-0.2, 0) is 0 Å². The quantitative estimate of drug-likeness (QED) is 0.604. The fourth-order valence-corrected chi connectivity index (χ4v) is 1.88. The average molecular weight is 366 g/mol. The molecule has 0 aliphatic carbocycles. The lowest BCUT2D eigenvalue weighted by atomic mass is 10.1. The molecule has 0 bridgehead atoms.